The second kappa shape index (κ2) is 9.97. The van der Waals surface area contributed by atoms with E-state index in [0.717, 1.165) is 44.2 Å². The number of benzene rings is 6. The highest BCUT2D eigenvalue weighted by Crippen LogP contribution is 2.47. The summed E-state index contributed by atoms with van der Waals surface area (Å²) in [5.74, 6) is 0. The Hall–Kier alpha value is -5.22. The van der Waals surface area contributed by atoms with Gasteiger partial charge in [0.25, 0.3) is 0 Å². The Kier molecular flexibility index (Phi) is 5.98. The van der Waals surface area contributed by atoms with Crippen LogP contribution in [-0.4, -0.2) is 6.71 Å². The Morgan fingerprint density at radius 3 is 1.69 bits per heavy atom. The fraction of sp³-hybridized carbons (Fsp3) is 0.234. The van der Waals surface area contributed by atoms with Crippen LogP contribution in [0.2, 0.25) is 0 Å². The molecule has 10 rings (SSSR count). The summed E-state index contributed by atoms with van der Waals surface area (Å²) in [4.78, 5) is 2.52. The third-order valence-electron chi connectivity index (χ3n) is 11.8. The summed E-state index contributed by atoms with van der Waals surface area (Å²) in [6.07, 6.45) is 0. The van der Waals surface area contributed by atoms with E-state index in [0.29, 0.717) is 0 Å². The highest BCUT2D eigenvalue weighted by atomic mass is 16.3. The maximum Gasteiger partial charge on any atom is 0.247 e. The minimum Gasteiger partial charge on any atom is -0.456 e. The largest absolute Gasteiger partial charge is 0.456 e. The lowest BCUT2D eigenvalue weighted by Gasteiger charge is -2.46. The van der Waals surface area contributed by atoms with Gasteiger partial charge in [-0.2, -0.15) is 0 Å². The van der Waals surface area contributed by atoms with Crippen LogP contribution in [0.3, 0.4) is 0 Å². The first-order chi connectivity index (χ1) is 24.3. The molecule has 0 saturated carbocycles. The van der Waals surface area contributed by atoms with Gasteiger partial charge in [-0.25, -0.2) is 0 Å². The quantitative estimate of drug-likeness (QED) is 0.164. The summed E-state index contributed by atoms with van der Waals surface area (Å²) in [6.45, 7) is 18.7. The molecule has 2 aliphatic heterocycles. The molecule has 4 heteroatoms. The van der Waals surface area contributed by atoms with Crippen molar-refractivity contribution in [3.05, 3.63) is 131 Å². The van der Waals surface area contributed by atoms with Crippen molar-refractivity contribution >= 4 is 84.0 Å². The molecule has 0 fully saturated rings. The fourth-order valence-electron chi connectivity index (χ4n) is 8.99. The van der Waals surface area contributed by atoms with E-state index in [2.05, 4.69) is 169 Å². The van der Waals surface area contributed by atoms with Crippen LogP contribution in [-0.2, 0) is 16.2 Å². The molecule has 4 heterocycles. The van der Waals surface area contributed by atoms with Gasteiger partial charge in [-0.15, -0.1) is 0 Å². The van der Waals surface area contributed by atoms with Crippen LogP contribution in [0.25, 0.3) is 43.9 Å². The van der Waals surface area contributed by atoms with Crippen molar-refractivity contribution in [3.63, 3.8) is 0 Å². The summed E-state index contributed by atoms with van der Waals surface area (Å²) >= 11 is 0. The lowest BCUT2D eigenvalue weighted by atomic mass is 9.30. The Morgan fingerprint density at radius 1 is 0.510 bits per heavy atom. The highest BCUT2D eigenvalue weighted by Gasteiger charge is 2.47. The smallest absolute Gasteiger partial charge is 0.247 e. The van der Waals surface area contributed by atoms with E-state index in [1.165, 1.54) is 55.4 Å². The molecule has 8 aromatic rings. The molecule has 250 valence electrons. The molecule has 3 nitrogen and oxygen atoms in total. The molecule has 0 aliphatic carbocycles. The minimum absolute atomic E-state index is 0.0308. The van der Waals surface area contributed by atoms with E-state index in [-0.39, 0.29) is 23.0 Å². The number of rotatable bonds is 1. The summed E-state index contributed by atoms with van der Waals surface area (Å²) in [6, 6.07) is 40.6. The molecule has 6 aromatic carbocycles. The lowest BCUT2D eigenvalue weighted by Crippen LogP contribution is -2.64. The number of hydrogen-bond donors (Lipinski definition) is 0. The third kappa shape index (κ3) is 4.26. The Labute approximate surface area is 300 Å². The SMILES string of the molecule is CC(C)(C)c1ccc(N2c3cc4oc5ccccc5c4cc3B3c4cc5c(cc4C(C)(C)c4cc(C(C)(C)C)cc2c43)oc2ccccc25)cc1. The predicted octanol–water partition coefficient (Wildman–Crippen LogP) is 11.0. The normalized spacial score (nSPS) is 15.1. The first-order valence-corrected chi connectivity index (χ1v) is 18.3. The molecule has 2 aromatic heterocycles. The van der Waals surface area contributed by atoms with E-state index < -0.39 is 0 Å². The summed E-state index contributed by atoms with van der Waals surface area (Å²) in [7, 11) is 0. The molecular weight excluding hydrogens is 621 g/mol. The molecule has 0 spiro atoms. The zero-order valence-corrected chi connectivity index (χ0v) is 30.7. The van der Waals surface area contributed by atoms with Crippen molar-refractivity contribution in [1.29, 1.82) is 0 Å². The highest BCUT2D eigenvalue weighted by molar-refractivity contribution is 6.99. The standard InChI is InChI=1S/C47H42BNO2/c1-45(2,3)27-17-19-29(20-18-27)49-38-26-43-33(31-14-10-12-16-41(31)51-43)24-37(38)48-36-23-32-30-13-9-11-15-40(30)50-42(32)25-34(36)47(7,8)35-21-28(46(4,5)6)22-39(49)44(35)48/h9-26H,1-8H3. The molecular formula is C47H42BNO2. The van der Waals surface area contributed by atoms with Gasteiger partial charge in [0.2, 0.25) is 6.71 Å². The van der Waals surface area contributed by atoms with Gasteiger partial charge in [0, 0.05) is 50.1 Å². The van der Waals surface area contributed by atoms with Gasteiger partial charge >= 0.3 is 0 Å². The van der Waals surface area contributed by atoms with Gasteiger partial charge in [0.1, 0.15) is 22.3 Å². The predicted molar refractivity (Wildman–Crippen MR) is 216 cm³/mol. The molecule has 0 saturated heterocycles. The van der Waals surface area contributed by atoms with Crippen molar-refractivity contribution in [2.45, 2.75) is 71.6 Å². The van der Waals surface area contributed by atoms with E-state index in [1.54, 1.807) is 0 Å². The van der Waals surface area contributed by atoms with Crippen LogP contribution in [0.15, 0.2) is 118 Å². The van der Waals surface area contributed by atoms with Crippen LogP contribution in [0.4, 0.5) is 17.1 Å². The van der Waals surface area contributed by atoms with Crippen molar-refractivity contribution in [3.8, 4) is 0 Å². The van der Waals surface area contributed by atoms with E-state index in [9.17, 15) is 0 Å². The van der Waals surface area contributed by atoms with Crippen molar-refractivity contribution in [2.75, 3.05) is 4.90 Å². The number of hydrogen-bond acceptors (Lipinski definition) is 3. The molecule has 51 heavy (non-hydrogen) atoms. The van der Waals surface area contributed by atoms with E-state index in [1.807, 2.05) is 0 Å². The second-order valence-electron chi connectivity index (χ2n) is 17.4. The number of furan rings is 2. The molecule has 0 atom stereocenters. The average molecular weight is 664 g/mol. The van der Waals surface area contributed by atoms with E-state index >= 15 is 0 Å². The van der Waals surface area contributed by atoms with Crippen molar-refractivity contribution in [2.24, 2.45) is 0 Å². The number of anilines is 3. The second-order valence-corrected chi connectivity index (χ2v) is 17.4. The van der Waals surface area contributed by atoms with Gasteiger partial charge in [-0.3, -0.25) is 0 Å². The van der Waals surface area contributed by atoms with Crippen LogP contribution in [0.1, 0.15) is 77.6 Å². The average Bonchev–Trinajstić information content (AvgIpc) is 3.65. The molecule has 0 radical (unpaired) electrons. The van der Waals surface area contributed by atoms with Gasteiger partial charge in [0.05, 0.1) is 0 Å². The first kappa shape index (κ1) is 30.6. The lowest BCUT2D eigenvalue weighted by molar-refractivity contribution is 0.582. The zero-order chi connectivity index (χ0) is 35.2. The Balaban J connectivity index is 1.36. The van der Waals surface area contributed by atoms with Gasteiger partial charge in [-0.1, -0.05) is 128 Å². The van der Waals surface area contributed by atoms with Gasteiger partial charge in [0.15, 0.2) is 0 Å². The van der Waals surface area contributed by atoms with Crippen LogP contribution in [0.5, 0.6) is 0 Å². The summed E-state index contributed by atoms with van der Waals surface area (Å²) < 4.78 is 13.1. The van der Waals surface area contributed by atoms with Crippen molar-refractivity contribution in [1.82, 2.24) is 0 Å². The molecule has 0 N–H and O–H groups in total. The molecule has 0 amide bonds. The molecule has 0 bridgehead atoms. The Bertz CT molecular complexity index is 2750. The van der Waals surface area contributed by atoms with Gasteiger partial charge < -0.3 is 13.7 Å². The van der Waals surface area contributed by atoms with Crippen molar-refractivity contribution < 1.29 is 8.83 Å². The topological polar surface area (TPSA) is 29.5 Å². The van der Waals surface area contributed by atoms with Crippen LogP contribution < -0.4 is 21.3 Å². The number of para-hydroxylation sites is 2. The number of nitrogens with zero attached hydrogens (tertiary/aromatic N) is 1. The summed E-state index contributed by atoms with van der Waals surface area (Å²) in [5.41, 5.74) is 16.5. The number of fused-ring (bicyclic) bond motifs is 10. The maximum atomic E-state index is 6.60. The van der Waals surface area contributed by atoms with Gasteiger partial charge in [-0.05, 0) is 80.4 Å². The maximum absolute atomic E-state index is 6.60. The summed E-state index contributed by atoms with van der Waals surface area (Å²) in [5, 5.41) is 4.64. The van der Waals surface area contributed by atoms with Crippen LogP contribution >= 0.6 is 0 Å². The Morgan fingerprint density at radius 2 is 1.08 bits per heavy atom. The molecule has 0 unspecified atom stereocenters. The zero-order valence-electron chi connectivity index (χ0n) is 30.7. The monoisotopic (exact) mass is 663 g/mol. The third-order valence-corrected chi connectivity index (χ3v) is 11.8. The first-order valence-electron chi connectivity index (χ1n) is 18.3. The molecule has 2 aliphatic rings. The van der Waals surface area contributed by atoms with Crippen LogP contribution in [0, 0.1) is 0 Å². The fourth-order valence-corrected chi connectivity index (χ4v) is 8.99. The minimum atomic E-state index is -0.268. The van der Waals surface area contributed by atoms with E-state index in [4.69, 9.17) is 8.83 Å².